The van der Waals surface area contributed by atoms with Crippen LogP contribution in [0.1, 0.15) is 18.9 Å². The van der Waals surface area contributed by atoms with E-state index in [0.717, 1.165) is 36.6 Å². The van der Waals surface area contributed by atoms with E-state index in [2.05, 4.69) is 21.1 Å². The third kappa shape index (κ3) is 2.65. The summed E-state index contributed by atoms with van der Waals surface area (Å²) in [6, 6.07) is 4.41. The Morgan fingerprint density at radius 1 is 1.50 bits per heavy atom. The van der Waals surface area contributed by atoms with E-state index in [9.17, 15) is 8.42 Å². The van der Waals surface area contributed by atoms with E-state index < -0.39 is 9.84 Å². The predicted molar refractivity (Wildman–Crippen MR) is 79.8 cm³/mol. The molecule has 0 saturated carbocycles. The lowest BCUT2D eigenvalue weighted by Crippen LogP contribution is -2.31. The van der Waals surface area contributed by atoms with Gasteiger partial charge in [0.25, 0.3) is 0 Å². The molecule has 1 fully saturated rings. The highest BCUT2D eigenvalue weighted by Crippen LogP contribution is 2.31. The number of sulfone groups is 1. The Kier molecular flexibility index (Phi) is 3.66. The van der Waals surface area contributed by atoms with E-state index in [1.165, 1.54) is 23.8 Å². The van der Waals surface area contributed by atoms with E-state index in [0.29, 0.717) is 10.3 Å². The maximum atomic E-state index is 11.6. The zero-order valence-electron chi connectivity index (χ0n) is 11.2. The average molecular weight is 311 g/mol. The average Bonchev–Trinajstić information content (AvgIpc) is 3.07. The summed E-state index contributed by atoms with van der Waals surface area (Å²) in [6.45, 7) is 2.02. The van der Waals surface area contributed by atoms with Crippen molar-refractivity contribution in [3.63, 3.8) is 0 Å². The van der Waals surface area contributed by atoms with Gasteiger partial charge in [0.1, 0.15) is 9.22 Å². The second-order valence-corrected chi connectivity index (χ2v) is 8.33. The first-order valence-electron chi connectivity index (χ1n) is 6.59. The molecule has 1 saturated heterocycles. The molecule has 0 amide bonds. The molecule has 1 N–H and O–H groups in total. The summed E-state index contributed by atoms with van der Waals surface area (Å²) >= 11 is 1.24. The Morgan fingerprint density at radius 3 is 3.00 bits per heavy atom. The number of rotatable bonds is 3. The van der Waals surface area contributed by atoms with Crippen molar-refractivity contribution in [2.75, 3.05) is 19.3 Å². The first kappa shape index (κ1) is 13.8. The molecule has 20 heavy (non-hydrogen) atoms. The summed E-state index contributed by atoms with van der Waals surface area (Å²) in [4.78, 5) is 4.28. The Labute approximate surface area is 122 Å². The molecule has 5 nitrogen and oxygen atoms in total. The minimum absolute atomic E-state index is 0.321. The zero-order valence-corrected chi connectivity index (χ0v) is 12.9. The van der Waals surface area contributed by atoms with Gasteiger partial charge >= 0.3 is 0 Å². The summed E-state index contributed by atoms with van der Waals surface area (Å²) in [5, 5.41) is 4.16. The third-order valence-electron chi connectivity index (χ3n) is 3.51. The molecule has 0 spiro atoms. The highest BCUT2D eigenvalue weighted by atomic mass is 32.2. The second-order valence-electron chi connectivity index (χ2n) is 5.06. The first-order chi connectivity index (χ1) is 9.55. The van der Waals surface area contributed by atoms with Crippen molar-refractivity contribution < 1.29 is 8.42 Å². The standard InChI is InChI=1S/C13H17N3O2S2/c1-20(17,18)12-9-15-13(19-12)11-5-3-7-16(11)10-4-2-6-14-8-10/h3,5,7,9-10,14H,2,4,6,8H2,1H3. The summed E-state index contributed by atoms with van der Waals surface area (Å²) < 4.78 is 25.6. The van der Waals surface area contributed by atoms with Crippen LogP contribution in [0, 0.1) is 0 Å². The van der Waals surface area contributed by atoms with Crippen molar-refractivity contribution in [3.05, 3.63) is 24.5 Å². The molecule has 1 aliphatic heterocycles. The Bertz CT molecular complexity index is 697. The molecule has 0 bridgehead atoms. The molecule has 0 radical (unpaired) electrons. The smallest absolute Gasteiger partial charge is 0.186 e. The number of nitrogens with zero attached hydrogens (tertiary/aromatic N) is 2. The number of hydrogen-bond donors (Lipinski definition) is 1. The van der Waals surface area contributed by atoms with E-state index in [-0.39, 0.29) is 0 Å². The van der Waals surface area contributed by atoms with E-state index in [1.807, 2.05) is 12.1 Å². The summed E-state index contributed by atoms with van der Waals surface area (Å²) in [5.41, 5.74) is 0.999. The molecule has 3 heterocycles. The fourth-order valence-electron chi connectivity index (χ4n) is 2.51. The number of piperidine rings is 1. The van der Waals surface area contributed by atoms with Gasteiger partial charge in [0, 0.05) is 25.0 Å². The van der Waals surface area contributed by atoms with Gasteiger partial charge in [-0.25, -0.2) is 13.4 Å². The van der Waals surface area contributed by atoms with Crippen molar-refractivity contribution >= 4 is 21.2 Å². The number of thiazole rings is 1. The van der Waals surface area contributed by atoms with Gasteiger partial charge in [0.15, 0.2) is 9.84 Å². The van der Waals surface area contributed by atoms with Crippen LogP contribution in [-0.2, 0) is 9.84 Å². The summed E-state index contributed by atoms with van der Waals surface area (Å²) in [5.74, 6) is 0. The van der Waals surface area contributed by atoms with Crippen molar-refractivity contribution in [3.8, 4) is 10.7 Å². The van der Waals surface area contributed by atoms with Gasteiger partial charge in [0.2, 0.25) is 0 Å². The normalized spacial score (nSPS) is 20.1. The van der Waals surface area contributed by atoms with Crippen LogP contribution < -0.4 is 5.32 Å². The highest BCUT2D eigenvalue weighted by molar-refractivity contribution is 7.92. The molecule has 2 aromatic heterocycles. The van der Waals surface area contributed by atoms with Crippen molar-refractivity contribution in [1.82, 2.24) is 14.9 Å². The van der Waals surface area contributed by atoms with Crippen molar-refractivity contribution in [2.45, 2.75) is 23.1 Å². The van der Waals surface area contributed by atoms with Crippen molar-refractivity contribution in [1.29, 1.82) is 0 Å². The molecule has 0 aliphatic carbocycles. The van der Waals surface area contributed by atoms with Gasteiger partial charge in [-0.3, -0.25) is 0 Å². The maximum absolute atomic E-state index is 11.6. The molecular formula is C13H17N3O2S2. The number of nitrogens with one attached hydrogen (secondary N) is 1. The van der Waals surface area contributed by atoms with Crippen LogP contribution in [-0.4, -0.2) is 37.3 Å². The number of aromatic nitrogens is 2. The SMILES string of the molecule is CS(=O)(=O)c1cnc(-c2cccn2C2CCCNC2)s1. The molecule has 1 unspecified atom stereocenters. The predicted octanol–water partition coefficient (Wildman–Crippen LogP) is 1.94. The molecule has 3 rings (SSSR count). The highest BCUT2D eigenvalue weighted by Gasteiger charge is 2.20. The molecule has 7 heteroatoms. The number of hydrogen-bond acceptors (Lipinski definition) is 5. The van der Waals surface area contributed by atoms with Crippen LogP contribution in [0.25, 0.3) is 10.7 Å². The Balaban J connectivity index is 1.95. The molecule has 1 atom stereocenters. The Hall–Kier alpha value is -1.18. The molecule has 0 aromatic carbocycles. The monoisotopic (exact) mass is 311 g/mol. The fourth-order valence-corrected chi connectivity index (χ4v) is 4.28. The van der Waals surface area contributed by atoms with Gasteiger partial charge in [0.05, 0.1) is 11.9 Å². The van der Waals surface area contributed by atoms with Gasteiger partial charge in [-0.05, 0) is 31.5 Å². The maximum Gasteiger partial charge on any atom is 0.186 e. The van der Waals surface area contributed by atoms with Gasteiger partial charge in [-0.15, -0.1) is 11.3 Å². The fraction of sp³-hybridized carbons (Fsp3) is 0.462. The molecule has 108 valence electrons. The van der Waals surface area contributed by atoms with E-state index in [4.69, 9.17) is 0 Å². The van der Waals surface area contributed by atoms with Crippen molar-refractivity contribution in [2.24, 2.45) is 0 Å². The lowest BCUT2D eigenvalue weighted by Gasteiger charge is -2.25. The van der Waals surface area contributed by atoms with Gasteiger partial charge in [-0.2, -0.15) is 0 Å². The van der Waals surface area contributed by atoms with Crippen LogP contribution in [0.4, 0.5) is 0 Å². The summed E-state index contributed by atoms with van der Waals surface area (Å²) in [6.07, 6.45) is 7.02. The minimum Gasteiger partial charge on any atom is -0.341 e. The topological polar surface area (TPSA) is 64.0 Å². The third-order valence-corrected chi connectivity index (χ3v) is 6.32. The van der Waals surface area contributed by atoms with Crippen LogP contribution in [0.5, 0.6) is 0 Å². The lowest BCUT2D eigenvalue weighted by atomic mass is 10.1. The second kappa shape index (κ2) is 5.31. The van der Waals surface area contributed by atoms with Gasteiger partial charge in [-0.1, -0.05) is 0 Å². The first-order valence-corrected chi connectivity index (χ1v) is 9.30. The quantitative estimate of drug-likeness (QED) is 0.941. The largest absolute Gasteiger partial charge is 0.341 e. The van der Waals surface area contributed by atoms with Gasteiger partial charge < -0.3 is 9.88 Å². The van der Waals surface area contributed by atoms with Crippen LogP contribution in [0.3, 0.4) is 0 Å². The van der Waals surface area contributed by atoms with E-state index >= 15 is 0 Å². The Morgan fingerprint density at radius 2 is 2.35 bits per heavy atom. The lowest BCUT2D eigenvalue weighted by molar-refractivity contribution is 0.375. The summed E-state index contributed by atoms with van der Waals surface area (Å²) in [7, 11) is -3.18. The van der Waals surface area contributed by atoms with E-state index in [1.54, 1.807) is 0 Å². The van der Waals surface area contributed by atoms with Crippen LogP contribution >= 0.6 is 11.3 Å². The molecular weight excluding hydrogens is 294 g/mol. The van der Waals surface area contributed by atoms with Crippen LogP contribution in [0.15, 0.2) is 28.7 Å². The molecule has 1 aliphatic rings. The minimum atomic E-state index is -3.18. The zero-order chi connectivity index (χ0) is 14.2. The van der Waals surface area contributed by atoms with Crippen LogP contribution in [0.2, 0.25) is 0 Å². The molecule has 2 aromatic rings.